The largest absolute Gasteiger partial charge is 0.378 e. The third-order valence-corrected chi connectivity index (χ3v) is 7.35. The summed E-state index contributed by atoms with van der Waals surface area (Å²) in [4.78, 5) is 12.3. The van der Waals surface area contributed by atoms with Crippen LogP contribution in [0.2, 0.25) is 0 Å². The van der Waals surface area contributed by atoms with Crippen LogP contribution >= 0.6 is 0 Å². The lowest BCUT2D eigenvalue weighted by Gasteiger charge is -2.53. The highest BCUT2D eigenvalue weighted by atomic mass is 16.3. The van der Waals surface area contributed by atoms with Gasteiger partial charge in [0.2, 0.25) is 0 Å². The van der Waals surface area contributed by atoms with Crippen LogP contribution in [0.1, 0.15) is 90.8 Å². The number of fused-ring (bicyclic) bond motifs is 4. The predicted octanol–water partition coefficient (Wildman–Crippen LogP) is 5.41. The molecule has 2 saturated carbocycles. The van der Waals surface area contributed by atoms with E-state index < -0.39 is 91.4 Å². The van der Waals surface area contributed by atoms with Crippen molar-refractivity contribution in [2.24, 2.45) is 17.2 Å². The van der Waals surface area contributed by atoms with Crippen molar-refractivity contribution in [2.75, 3.05) is 18.9 Å². The minimum absolute atomic E-state index is 0.0473. The Morgan fingerprint density at radius 1 is 1.22 bits per heavy atom. The van der Waals surface area contributed by atoms with Gasteiger partial charge in [0.25, 0.3) is 0 Å². The smallest absolute Gasteiger partial charge is 0.156 e. The van der Waals surface area contributed by atoms with Crippen LogP contribution in [0, 0.1) is 29.0 Å². The Balaban J connectivity index is 1.93. The fraction of sp³-hybridized carbons (Fsp3) is 0.552. The van der Waals surface area contributed by atoms with Crippen molar-refractivity contribution >= 4 is 11.5 Å². The third-order valence-electron chi connectivity index (χ3n) is 7.35. The first-order chi connectivity index (χ1) is 21.3. The molecule has 0 aliphatic heterocycles. The molecule has 5 atom stereocenters. The number of ketones is 1. The zero-order chi connectivity index (χ0) is 35.5. The Bertz CT molecular complexity index is 1640. The van der Waals surface area contributed by atoms with E-state index in [-0.39, 0.29) is 54.8 Å². The van der Waals surface area contributed by atoms with E-state index in [1.165, 1.54) is 13.0 Å². The van der Waals surface area contributed by atoms with E-state index in [0.717, 1.165) is 0 Å². The van der Waals surface area contributed by atoms with Gasteiger partial charge in [0.15, 0.2) is 5.78 Å². The number of carbonyl (C=O) groups is 1. The molecule has 168 valence electrons. The number of hydrogen-bond acceptors (Lipinski definition) is 3. The van der Waals surface area contributed by atoms with Gasteiger partial charge in [-0.25, -0.2) is 0 Å². The molecule has 1 N–H and O–H groups in total. The van der Waals surface area contributed by atoms with Gasteiger partial charge in [0.05, 0.1) is 5.48 Å². The number of nitrogens with zero attached hydrogens (tertiary/aromatic N) is 1. The molecule has 32 heavy (non-hydrogen) atoms. The summed E-state index contributed by atoms with van der Waals surface area (Å²) in [6.07, 6.45) is 0.498. The van der Waals surface area contributed by atoms with E-state index in [4.69, 9.17) is 17.8 Å². The molecule has 0 heterocycles. The maximum Gasteiger partial charge on any atom is 0.156 e. The normalized spacial score (nSPS) is 48.4. The highest BCUT2D eigenvalue weighted by Gasteiger charge is 2.62. The van der Waals surface area contributed by atoms with Crippen molar-refractivity contribution in [1.29, 1.82) is 0 Å². The molecule has 0 unspecified atom stereocenters. The van der Waals surface area contributed by atoms with Crippen LogP contribution in [0.5, 0.6) is 0 Å². The fourth-order valence-electron chi connectivity index (χ4n) is 5.92. The average molecular weight is 445 g/mol. The molecular formula is C29H35NO2. The number of hydrogen-bond donors (Lipinski definition) is 1. The first-order valence-electron chi connectivity index (χ1n) is 18.4. The second-order valence-corrected chi connectivity index (χ2v) is 8.98. The Hall–Kier alpha value is -2.31. The number of aliphatic hydroxyl groups is 1. The number of benzene rings is 1. The van der Waals surface area contributed by atoms with Crippen LogP contribution in [-0.2, 0) is 4.79 Å². The summed E-state index contributed by atoms with van der Waals surface area (Å²) in [5, 5.41) is 12.1. The Kier molecular flexibility index (Phi) is 2.46. The lowest BCUT2D eigenvalue weighted by molar-refractivity contribution is -0.114. The molecule has 1 aromatic carbocycles. The highest BCUT2D eigenvalue weighted by molar-refractivity contribution is 5.93. The van der Waals surface area contributed by atoms with E-state index in [2.05, 4.69) is 11.8 Å². The Morgan fingerprint density at radius 2 is 2.03 bits per heavy atom. The van der Waals surface area contributed by atoms with Gasteiger partial charge in [-0.3, -0.25) is 4.79 Å². The average Bonchev–Trinajstić information content (AvgIpc) is 3.17. The molecule has 0 saturated heterocycles. The molecular weight excluding hydrogens is 394 g/mol. The summed E-state index contributed by atoms with van der Waals surface area (Å²) in [7, 11) is 0. The maximum absolute atomic E-state index is 12.4. The molecule has 5 rings (SSSR count). The molecule has 0 spiro atoms. The van der Waals surface area contributed by atoms with Gasteiger partial charge in [-0.05, 0) is 92.1 Å². The quantitative estimate of drug-likeness (QED) is 0.620. The number of carbonyl (C=O) groups excluding carboxylic acids is 1. The summed E-state index contributed by atoms with van der Waals surface area (Å²) in [6, 6.07) is -3.69. The van der Waals surface area contributed by atoms with Gasteiger partial charge in [-0.2, -0.15) is 0 Å². The predicted molar refractivity (Wildman–Crippen MR) is 129 cm³/mol. The van der Waals surface area contributed by atoms with Gasteiger partial charge >= 0.3 is 0 Å². The second-order valence-electron chi connectivity index (χ2n) is 8.98. The topological polar surface area (TPSA) is 40.5 Å². The highest BCUT2D eigenvalue weighted by Crippen LogP contribution is 2.66. The van der Waals surface area contributed by atoms with Crippen molar-refractivity contribution in [3.05, 3.63) is 52.5 Å². The standard InChI is InChI=1S/C29H35NO2/c1-5-15-29(32)16-14-26-24-12-8-20-17-22(31)11-13-23(20)27(24)25(18-28(26,29)2)19-6-9-21(10-7-19)30(3)4/h6-7,9-10,17,24-26,32H,8,11-14,16,18H2,1-4H3/t24-,25+,26-,28-,29-/m0/s1/i2D3,3D3,4D3,6D,7D,9D,10D,24D,26D. The Labute approximate surface area is 213 Å². The summed E-state index contributed by atoms with van der Waals surface area (Å²) in [6.45, 7) is -8.53. The SMILES string of the molecule is [2H]c1c([2H])c(N(C([2H])([2H])[2H])C([2H])([2H])[2H])c([2H])c([2H])c1[C@H]1C[C@@]2(C([2H])([2H])[2H])[C@@]([2H])(CC[C@@]2(O)C#CC)[C@]2([2H])CCC3=CC(=O)CCC3=C12. The van der Waals surface area contributed by atoms with E-state index in [0.29, 0.717) is 11.1 Å². The lowest BCUT2D eigenvalue weighted by atomic mass is 9.51. The van der Waals surface area contributed by atoms with Crippen molar-refractivity contribution in [2.45, 2.75) is 70.2 Å². The second kappa shape index (κ2) is 7.63. The van der Waals surface area contributed by atoms with Gasteiger partial charge in [-0.1, -0.05) is 30.4 Å². The van der Waals surface area contributed by atoms with Crippen LogP contribution < -0.4 is 4.90 Å². The van der Waals surface area contributed by atoms with E-state index in [1.54, 1.807) is 0 Å². The molecule has 0 aromatic heterocycles. The van der Waals surface area contributed by atoms with Gasteiger partial charge in [-0.15, -0.1) is 5.92 Å². The molecule has 2 fully saturated rings. The van der Waals surface area contributed by atoms with E-state index in [1.807, 2.05) is 0 Å². The minimum atomic E-state index is -3.41. The third kappa shape index (κ3) is 3.11. The molecule has 3 nitrogen and oxygen atoms in total. The maximum atomic E-state index is 12.4. The summed E-state index contributed by atoms with van der Waals surface area (Å²) in [5.41, 5.74) is -4.93. The van der Waals surface area contributed by atoms with Crippen molar-refractivity contribution in [3.8, 4) is 11.8 Å². The van der Waals surface area contributed by atoms with Gasteiger partial charge in [0, 0.05) is 52.5 Å². The van der Waals surface area contributed by atoms with Crippen LogP contribution in [0.15, 0.2) is 47.0 Å². The first kappa shape index (κ1) is 10.3. The van der Waals surface area contributed by atoms with E-state index >= 15 is 0 Å². The van der Waals surface area contributed by atoms with Crippen molar-refractivity contribution in [1.82, 2.24) is 0 Å². The molecule has 1 aromatic rings. The van der Waals surface area contributed by atoms with E-state index in [9.17, 15) is 12.6 Å². The summed E-state index contributed by atoms with van der Waals surface area (Å²) >= 11 is 0. The monoisotopic (exact) mass is 444 g/mol. The number of rotatable bonds is 2. The minimum Gasteiger partial charge on any atom is -0.378 e. The molecule has 0 radical (unpaired) electrons. The molecule has 4 aliphatic carbocycles. The van der Waals surface area contributed by atoms with Crippen LogP contribution in [-0.4, -0.2) is 30.4 Å². The summed E-state index contributed by atoms with van der Waals surface area (Å²) in [5.74, 6) is -0.627. The molecule has 3 heteroatoms. The van der Waals surface area contributed by atoms with Crippen molar-refractivity contribution < 1.29 is 30.5 Å². The van der Waals surface area contributed by atoms with Gasteiger partial charge < -0.3 is 10.0 Å². The van der Waals surface area contributed by atoms with Crippen molar-refractivity contribution in [3.63, 3.8) is 0 Å². The van der Waals surface area contributed by atoms with Crippen LogP contribution in [0.4, 0.5) is 5.69 Å². The molecule has 0 amide bonds. The zero-order valence-corrected chi connectivity index (χ0v) is 17.9. The van der Waals surface area contributed by atoms with Gasteiger partial charge in [0.1, 0.15) is 5.60 Å². The Morgan fingerprint density at radius 3 is 2.75 bits per heavy atom. The lowest BCUT2D eigenvalue weighted by Crippen LogP contribution is -2.51. The zero-order valence-electron chi connectivity index (χ0n) is 32.9. The van der Waals surface area contributed by atoms with Crippen LogP contribution in [0.25, 0.3) is 0 Å². The first-order valence-corrected chi connectivity index (χ1v) is 10.9. The van der Waals surface area contributed by atoms with Crippen LogP contribution in [0.3, 0.4) is 0 Å². The number of anilines is 1. The molecule has 0 bridgehead atoms. The molecule has 4 aliphatic rings. The fourth-order valence-corrected chi connectivity index (χ4v) is 5.92. The summed E-state index contributed by atoms with van der Waals surface area (Å²) < 4.78 is 129. The number of allylic oxidation sites excluding steroid dienone is 4.